The van der Waals surface area contributed by atoms with Crippen molar-refractivity contribution in [3.8, 4) is 0 Å². The molecule has 2 unspecified atom stereocenters. The molecule has 0 radical (unpaired) electrons. The molecule has 2 saturated carbocycles. The first-order valence-corrected chi connectivity index (χ1v) is 19.1. The largest absolute Gasteiger partial charge is 0.457 e. The molecule has 0 spiro atoms. The lowest BCUT2D eigenvalue weighted by Crippen LogP contribution is -2.53. The van der Waals surface area contributed by atoms with E-state index in [0.717, 1.165) is 31.8 Å². The van der Waals surface area contributed by atoms with Gasteiger partial charge in [-0.05, 0) is 69.4 Å². The summed E-state index contributed by atoms with van der Waals surface area (Å²) < 4.78 is 17.4. The molecule has 280 valence electrons. The number of piperidine rings is 1. The van der Waals surface area contributed by atoms with Crippen molar-refractivity contribution in [2.45, 2.75) is 122 Å². The Kier molecular flexibility index (Phi) is 13.5. The molecular formula is C39H61N3O8. The van der Waals surface area contributed by atoms with E-state index in [2.05, 4.69) is 4.90 Å². The van der Waals surface area contributed by atoms with Crippen molar-refractivity contribution in [1.82, 2.24) is 14.7 Å². The third-order valence-corrected chi connectivity index (χ3v) is 11.4. The number of aliphatic hydroxyl groups is 2. The summed E-state index contributed by atoms with van der Waals surface area (Å²) in [6, 6.07) is 0.590. The average molecular weight is 700 g/mol. The minimum atomic E-state index is -1.46. The van der Waals surface area contributed by atoms with Crippen LogP contribution in [0.3, 0.4) is 0 Å². The number of hydrogen-bond donors (Lipinski definition) is 2. The van der Waals surface area contributed by atoms with Gasteiger partial charge in [-0.1, -0.05) is 63.8 Å². The van der Waals surface area contributed by atoms with Crippen LogP contribution in [0.15, 0.2) is 36.0 Å². The quantitative estimate of drug-likeness (QED) is 0.117. The number of amides is 2. The molecule has 0 aromatic rings. The van der Waals surface area contributed by atoms with Crippen molar-refractivity contribution < 1.29 is 38.8 Å². The predicted molar refractivity (Wildman–Crippen MR) is 190 cm³/mol. The SMILES string of the molecule is C/C(=C\C=C\[C@@H](C)COC(=O)N1CC2CC2C1)[C@H]1OC(=O)C[C@H](O)CC[C@@](C)(O)[C@@H](OC(=O)N2CCN(C3CCCCCC3)CC2)/C=C/[C@@H]1C. The standard InChI is InChI=1S/C39H61N3O8/c1-27(26-48-37(45)42-24-30-22-31(30)25-42)10-9-11-28(2)36-29(3)14-15-34(39(4,47)17-16-33(43)23-35(44)50-36)49-38(46)41-20-18-40(19-21-41)32-12-7-5-6-8-13-32/h9-11,14-15,27,29-34,36,43,47H,5-8,12-13,16-26H2,1-4H3/b10-9+,15-14+,28-11+/t27-,29+,30?,31?,33-,34+,36-,39-/m1/s1. The first kappa shape index (κ1) is 38.3. The number of carbonyl (C=O) groups excluding carboxylic acids is 3. The van der Waals surface area contributed by atoms with Crippen LogP contribution >= 0.6 is 0 Å². The smallest absolute Gasteiger partial charge is 0.410 e. The Morgan fingerprint density at radius 2 is 1.70 bits per heavy atom. The molecule has 50 heavy (non-hydrogen) atoms. The highest BCUT2D eigenvalue weighted by molar-refractivity contribution is 5.70. The molecule has 3 aliphatic heterocycles. The van der Waals surface area contributed by atoms with Crippen LogP contribution in [-0.2, 0) is 19.0 Å². The zero-order valence-electron chi connectivity index (χ0n) is 30.7. The number of allylic oxidation sites excluding steroid dienone is 2. The van der Waals surface area contributed by atoms with Crippen molar-refractivity contribution in [3.63, 3.8) is 0 Å². The van der Waals surface area contributed by atoms with E-state index >= 15 is 0 Å². The summed E-state index contributed by atoms with van der Waals surface area (Å²) in [5.74, 6) is 0.461. The number of cyclic esters (lactones) is 1. The van der Waals surface area contributed by atoms with Gasteiger partial charge in [0.05, 0.1) is 19.1 Å². The lowest BCUT2D eigenvalue weighted by atomic mass is 9.89. The van der Waals surface area contributed by atoms with Crippen LogP contribution in [-0.4, -0.2) is 119 Å². The number of rotatable bonds is 7. The van der Waals surface area contributed by atoms with Crippen LogP contribution in [0.5, 0.6) is 0 Å². The maximum atomic E-state index is 13.4. The van der Waals surface area contributed by atoms with Crippen LogP contribution in [0.2, 0.25) is 0 Å². The monoisotopic (exact) mass is 699 g/mol. The zero-order valence-corrected chi connectivity index (χ0v) is 30.7. The molecule has 2 aliphatic carbocycles. The number of ether oxygens (including phenoxy) is 3. The minimum absolute atomic E-state index is 0.0103. The molecule has 8 atom stereocenters. The van der Waals surface area contributed by atoms with E-state index in [1.807, 2.05) is 45.1 Å². The lowest BCUT2D eigenvalue weighted by Gasteiger charge is -2.40. The van der Waals surface area contributed by atoms with E-state index < -0.39 is 36.0 Å². The van der Waals surface area contributed by atoms with E-state index in [0.29, 0.717) is 31.0 Å². The molecule has 11 nitrogen and oxygen atoms in total. The molecule has 3 heterocycles. The van der Waals surface area contributed by atoms with Gasteiger partial charge in [0.2, 0.25) is 0 Å². The first-order chi connectivity index (χ1) is 23.9. The molecule has 5 aliphatic rings. The molecule has 2 amide bonds. The van der Waals surface area contributed by atoms with E-state index in [1.54, 1.807) is 22.8 Å². The van der Waals surface area contributed by atoms with Crippen molar-refractivity contribution in [3.05, 3.63) is 36.0 Å². The number of hydrogen-bond acceptors (Lipinski definition) is 9. The van der Waals surface area contributed by atoms with Crippen LogP contribution in [0.4, 0.5) is 9.59 Å². The Balaban J connectivity index is 1.19. The Morgan fingerprint density at radius 3 is 2.38 bits per heavy atom. The van der Waals surface area contributed by atoms with E-state index in [9.17, 15) is 24.6 Å². The highest BCUT2D eigenvalue weighted by atomic mass is 16.6. The van der Waals surface area contributed by atoms with Gasteiger partial charge in [0.25, 0.3) is 0 Å². The second-order valence-electron chi connectivity index (χ2n) is 15.9. The number of nitrogens with zero attached hydrogens (tertiary/aromatic N) is 3. The molecule has 4 fully saturated rings. The maximum absolute atomic E-state index is 13.4. The predicted octanol–water partition coefficient (Wildman–Crippen LogP) is 5.46. The number of esters is 1. The van der Waals surface area contributed by atoms with E-state index in [-0.39, 0.29) is 43.8 Å². The molecule has 0 aromatic carbocycles. The fraction of sp³-hybridized carbons (Fsp3) is 0.769. The molecule has 5 rings (SSSR count). The Bertz CT molecular complexity index is 1240. The summed E-state index contributed by atoms with van der Waals surface area (Å²) in [6.45, 7) is 12.0. The molecule has 2 saturated heterocycles. The highest BCUT2D eigenvalue weighted by Gasteiger charge is 2.47. The number of fused-ring (bicyclic) bond motifs is 1. The van der Waals surface area contributed by atoms with Crippen molar-refractivity contribution in [2.75, 3.05) is 45.9 Å². The molecule has 11 heteroatoms. The number of carbonyl (C=O) groups is 3. The second kappa shape index (κ2) is 17.6. The van der Waals surface area contributed by atoms with Gasteiger partial charge in [-0.3, -0.25) is 9.69 Å². The summed E-state index contributed by atoms with van der Waals surface area (Å²) in [4.78, 5) is 44.7. The van der Waals surface area contributed by atoms with Crippen LogP contribution < -0.4 is 0 Å². The number of likely N-dealkylation sites (tertiary alicyclic amines) is 1. The van der Waals surface area contributed by atoms with Crippen molar-refractivity contribution in [1.29, 1.82) is 0 Å². The summed E-state index contributed by atoms with van der Waals surface area (Å²) in [5, 5.41) is 22.2. The summed E-state index contributed by atoms with van der Waals surface area (Å²) in [7, 11) is 0. The summed E-state index contributed by atoms with van der Waals surface area (Å²) in [6.07, 6.45) is 14.8. The normalized spacial score (nSPS) is 34.9. The fourth-order valence-electron chi connectivity index (χ4n) is 7.92. The third-order valence-electron chi connectivity index (χ3n) is 11.4. The summed E-state index contributed by atoms with van der Waals surface area (Å²) in [5.41, 5.74) is -0.679. The molecule has 0 bridgehead atoms. The second-order valence-corrected chi connectivity index (χ2v) is 15.9. The molecular weight excluding hydrogens is 638 g/mol. The van der Waals surface area contributed by atoms with Gasteiger partial charge in [0.1, 0.15) is 11.7 Å². The van der Waals surface area contributed by atoms with Crippen LogP contribution in [0, 0.1) is 23.7 Å². The van der Waals surface area contributed by atoms with Gasteiger partial charge in [-0.2, -0.15) is 0 Å². The van der Waals surface area contributed by atoms with Crippen molar-refractivity contribution in [2.24, 2.45) is 23.7 Å². The third kappa shape index (κ3) is 10.8. The minimum Gasteiger partial charge on any atom is -0.457 e. The van der Waals surface area contributed by atoms with Gasteiger partial charge in [0.15, 0.2) is 6.10 Å². The average Bonchev–Trinajstić information content (AvgIpc) is 3.79. The molecule has 0 aromatic heterocycles. The number of aliphatic hydroxyl groups excluding tert-OH is 1. The highest BCUT2D eigenvalue weighted by Crippen LogP contribution is 2.45. The Labute approximate surface area is 298 Å². The molecule has 2 N–H and O–H groups in total. The van der Waals surface area contributed by atoms with Gasteiger partial charge in [-0.15, -0.1) is 0 Å². The van der Waals surface area contributed by atoms with E-state index in [4.69, 9.17) is 14.2 Å². The van der Waals surface area contributed by atoms with Gasteiger partial charge >= 0.3 is 18.2 Å². The Hall–Kier alpha value is -2.89. The first-order valence-electron chi connectivity index (χ1n) is 19.1. The number of piperazine rings is 1. The zero-order chi connectivity index (χ0) is 35.8. The van der Waals surface area contributed by atoms with Gasteiger partial charge in [-0.25, -0.2) is 9.59 Å². The lowest BCUT2D eigenvalue weighted by molar-refractivity contribution is -0.151. The summed E-state index contributed by atoms with van der Waals surface area (Å²) >= 11 is 0. The fourth-order valence-corrected chi connectivity index (χ4v) is 7.92. The Morgan fingerprint density at radius 1 is 1.02 bits per heavy atom. The van der Waals surface area contributed by atoms with E-state index in [1.165, 1.54) is 44.9 Å². The van der Waals surface area contributed by atoms with Gasteiger partial charge < -0.3 is 34.2 Å². The van der Waals surface area contributed by atoms with Crippen molar-refractivity contribution >= 4 is 18.2 Å². The van der Waals surface area contributed by atoms with Gasteiger partial charge in [0, 0.05) is 57.1 Å². The van der Waals surface area contributed by atoms with Crippen LogP contribution in [0.1, 0.15) is 91.9 Å². The topological polar surface area (TPSA) is 129 Å². The van der Waals surface area contributed by atoms with Crippen LogP contribution in [0.25, 0.3) is 0 Å². The maximum Gasteiger partial charge on any atom is 0.410 e.